The molecule has 1 amide bonds. The van der Waals surface area contributed by atoms with E-state index < -0.39 is 16.4 Å². The predicted octanol–water partition coefficient (Wildman–Crippen LogP) is 2.25. The largest absolute Gasteiger partial charge is 0.444 e. The Kier molecular flexibility index (Phi) is 4.83. The molecule has 0 radical (unpaired) electrons. The van der Waals surface area contributed by atoms with Gasteiger partial charge in [0.25, 0.3) is 0 Å². The van der Waals surface area contributed by atoms with Gasteiger partial charge in [0.1, 0.15) is 10.6 Å². The predicted molar refractivity (Wildman–Crippen MR) is 79.7 cm³/mol. The zero-order valence-electron chi connectivity index (χ0n) is 12.2. The fourth-order valence-corrected chi connectivity index (χ4v) is 3.38. The Morgan fingerprint density at radius 2 is 2.14 bits per heavy atom. The van der Waals surface area contributed by atoms with Gasteiger partial charge in [-0.3, -0.25) is 4.21 Å². The Bertz CT molecular complexity index is 545. The minimum atomic E-state index is -1.31. The Labute approximate surface area is 131 Å². The van der Waals surface area contributed by atoms with Gasteiger partial charge in [0, 0.05) is 13.1 Å². The van der Waals surface area contributed by atoms with Crippen LogP contribution < -0.4 is 0 Å². The summed E-state index contributed by atoms with van der Waals surface area (Å²) in [7, 11) is -1.31. The van der Waals surface area contributed by atoms with Crippen molar-refractivity contribution >= 4 is 28.5 Å². The third kappa shape index (κ3) is 4.38. The van der Waals surface area contributed by atoms with Crippen molar-refractivity contribution in [3.8, 4) is 0 Å². The van der Waals surface area contributed by atoms with Crippen LogP contribution in [0.3, 0.4) is 0 Å². The van der Waals surface area contributed by atoms with Crippen molar-refractivity contribution < 1.29 is 13.7 Å². The first-order chi connectivity index (χ1) is 9.76. The van der Waals surface area contributed by atoms with Gasteiger partial charge in [-0.1, -0.05) is 11.6 Å². The van der Waals surface area contributed by atoms with Gasteiger partial charge in [-0.15, -0.1) is 10.2 Å². The Morgan fingerprint density at radius 1 is 1.43 bits per heavy atom. The van der Waals surface area contributed by atoms with Gasteiger partial charge < -0.3 is 9.64 Å². The summed E-state index contributed by atoms with van der Waals surface area (Å²) in [6.45, 7) is 6.39. The number of nitrogens with zero attached hydrogens (tertiary/aromatic N) is 3. The summed E-state index contributed by atoms with van der Waals surface area (Å²) in [6.07, 6.45) is 0.278. The number of hydrogen-bond donors (Lipinski definition) is 0. The van der Waals surface area contributed by atoms with Crippen LogP contribution in [0.2, 0.25) is 5.15 Å². The molecule has 2 rings (SSSR count). The number of ether oxygens (including phenoxy) is 1. The number of halogens is 1. The summed E-state index contributed by atoms with van der Waals surface area (Å²) < 4.78 is 17.7. The van der Waals surface area contributed by atoms with Crippen molar-refractivity contribution in [1.29, 1.82) is 0 Å². The van der Waals surface area contributed by atoms with Crippen LogP contribution in [0.25, 0.3) is 0 Å². The highest BCUT2D eigenvalue weighted by Crippen LogP contribution is 2.21. The van der Waals surface area contributed by atoms with Crippen LogP contribution in [0.4, 0.5) is 4.79 Å². The lowest BCUT2D eigenvalue weighted by Crippen LogP contribution is -2.36. The second-order valence-electron chi connectivity index (χ2n) is 5.83. The molecule has 8 heteroatoms. The molecular formula is C13H18ClN3O3S. The van der Waals surface area contributed by atoms with Crippen molar-refractivity contribution in [2.24, 2.45) is 0 Å². The molecule has 1 aliphatic rings. The van der Waals surface area contributed by atoms with Crippen LogP contribution in [0.1, 0.15) is 27.2 Å². The van der Waals surface area contributed by atoms with E-state index in [0.717, 1.165) is 0 Å². The van der Waals surface area contributed by atoms with E-state index in [1.807, 2.05) is 20.8 Å². The molecule has 0 saturated carbocycles. The van der Waals surface area contributed by atoms with Crippen molar-refractivity contribution in [3.05, 3.63) is 17.3 Å². The summed E-state index contributed by atoms with van der Waals surface area (Å²) in [4.78, 5) is 13.6. The summed E-state index contributed by atoms with van der Waals surface area (Å²) in [5, 5.41) is 8.01. The van der Waals surface area contributed by atoms with Crippen molar-refractivity contribution in [2.75, 3.05) is 13.1 Å². The molecule has 1 aromatic rings. The molecule has 1 aliphatic heterocycles. The number of carbonyl (C=O) groups is 1. The molecule has 6 nitrogen and oxygen atoms in total. The van der Waals surface area contributed by atoms with Gasteiger partial charge in [0.15, 0.2) is 5.15 Å². The molecule has 2 atom stereocenters. The zero-order valence-corrected chi connectivity index (χ0v) is 13.8. The smallest absolute Gasteiger partial charge is 0.410 e. The Morgan fingerprint density at radius 3 is 2.71 bits per heavy atom. The van der Waals surface area contributed by atoms with Crippen LogP contribution in [-0.2, 0) is 15.5 Å². The van der Waals surface area contributed by atoms with E-state index in [1.54, 1.807) is 17.0 Å². The molecule has 0 bridgehead atoms. The first kappa shape index (κ1) is 16.2. The fraction of sp³-hybridized carbons (Fsp3) is 0.615. The van der Waals surface area contributed by atoms with Crippen LogP contribution in [0, 0.1) is 0 Å². The molecule has 1 fully saturated rings. The highest BCUT2D eigenvalue weighted by molar-refractivity contribution is 7.85. The summed E-state index contributed by atoms with van der Waals surface area (Å²) in [5.41, 5.74) is -0.532. The second-order valence-corrected chi connectivity index (χ2v) is 7.90. The van der Waals surface area contributed by atoms with E-state index in [-0.39, 0.29) is 16.5 Å². The molecule has 116 valence electrons. The topological polar surface area (TPSA) is 72.4 Å². The lowest BCUT2D eigenvalue weighted by atomic mass is 10.2. The first-order valence-corrected chi connectivity index (χ1v) is 8.23. The van der Waals surface area contributed by atoms with Crippen LogP contribution in [-0.4, -0.2) is 49.3 Å². The van der Waals surface area contributed by atoms with Gasteiger partial charge in [-0.05, 0) is 39.3 Å². The minimum Gasteiger partial charge on any atom is -0.444 e. The van der Waals surface area contributed by atoms with Crippen LogP contribution in [0.15, 0.2) is 17.2 Å². The standard InChI is InChI=1S/C13H18ClN3O3S/c1-13(2,3)20-12(18)17-7-6-9(8-17)21(19)11-5-4-10(14)15-16-11/h4-5,9H,6-8H2,1-3H3/t9-,21?/m1/s1. The SMILES string of the molecule is CC(C)(C)OC(=O)N1CC[C@@H](S(=O)c2ccc(Cl)nn2)C1. The average Bonchev–Trinajstić information content (AvgIpc) is 2.86. The summed E-state index contributed by atoms with van der Waals surface area (Å²) >= 11 is 5.66. The molecule has 0 aliphatic carbocycles. The Hall–Kier alpha value is -1.21. The molecule has 0 spiro atoms. The van der Waals surface area contributed by atoms with Gasteiger partial charge in [-0.25, -0.2) is 4.79 Å². The quantitative estimate of drug-likeness (QED) is 0.831. The minimum absolute atomic E-state index is 0.159. The van der Waals surface area contributed by atoms with Crippen LogP contribution in [0.5, 0.6) is 0 Å². The monoisotopic (exact) mass is 331 g/mol. The van der Waals surface area contributed by atoms with Crippen molar-refractivity contribution in [1.82, 2.24) is 15.1 Å². The van der Waals surface area contributed by atoms with Gasteiger partial charge in [-0.2, -0.15) is 0 Å². The van der Waals surface area contributed by atoms with Gasteiger partial charge >= 0.3 is 6.09 Å². The lowest BCUT2D eigenvalue weighted by molar-refractivity contribution is 0.0295. The van der Waals surface area contributed by atoms with Crippen molar-refractivity contribution in [3.63, 3.8) is 0 Å². The molecule has 21 heavy (non-hydrogen) atoms. The number of rotatable bonds is 2. The first-order valence-electron chi connectivity index (χ1n) is 6.64. The van der Waals surface area contributed by atoms with E-state index in [9.17, 15) is 9.00 Å². The van der Waals surface area contributed by atoms with Crippen LogP contribution >= 0.6 is 11.6 Å². The maximum Gasteiger partial charge on any atom is 0.410 e. The summed E-state index contributed by atoms with van der Waals surface area (Å²) in [6, 6.07) is 3.16. The number of aromatic nitrogens is 2. The van der Waals surface area contributed by atoms with Gasteiger partial charge in [0.05, 0.1) is 16.0 Å². The van der Waals surface area contributed by atoms with E-state index in [4.69, 9.17) is 16.3 Å². The fourth-order valence-electron chi connectivity index (χ4n) is 1.98. The average molecular weight is 332 g/mol. The maximum absolute atomic E-state index is 12.4. The molecule has 1 aromatic heterocycles. The highest BCUT2D eigenvalue weighted by atomic mass is 35.5. The number of carbonyl (C=O) groups excluding carboxylic acids is 1. The third-order valence-corrected chi connectivity index (χ3v) is 4.73. The van der Waals surface area contributed by atoms with Gasteiger partial charge in [0.2, 0.25) is 0 Å². The molecule has 0 aromatic carbocycles. The molecule has 0 N–H and O–H groups in total. The van der Waals surface area contributed by atoms with E-state index in [2.05, 4.69) is 10.2 Å². The maximum atomic E-state index is 12.4. The molecule has 1 saturated heterocycles. The van der Waals surface area contributed by atoms with Crippen molar-refractivity contribution in [2.45, 2.75) is 43.1 Å². The van der Waals surface area contributed by atoms with E-state index in [1.165, 1.54) is 0 Å². The highest BCUT2D eigenvalue weighted by Gasteiger charge is 2.33. The third-order valence-electron chi connectivity index (χ3n) is 2.91. The molecule has 1 unspecified atom stereocenters. The van der Waals surface area contributed by atoms with E-state index >= 15 is 0 Å². The number of hydrogen-bond acceptors (Lipinski definition) is 5. The summed E-state index contributed by atoms with van der Waals surface area (Å²) in [5.74, 6) is 0. The molecular weight excluding hydrogens is 314 g/mol. The molecule has 2 heterocycles. The van der Waals surface area contributed by atoms with E-state index in [0.29, 0.717) is 24.5 Å². The Balaban J connectivity index is 1.97. The number of amides is 1. The number of likely N-dealkylation sites (tertiary alicyclic amines) is 1. The second kappa shape index (κ2) is 6.27. The lowest BCUT2D eigenvalue weighted by Gasteiger charge is -2.24. The zero-order chi connectivity index (χ0) is 15.6. The normalized spacial score (nSPS) is 20.4.